The van der Waals surface area contributed by atoms with Crippen LogP contribution in [0.25, 0.3) is 0 Å². The van der Waals surface area contributed by atoms with Crippen molar-refractivity contribution in [3.8, 4) is 0 Å². The van der Waals surface area contributed by atoms with E-state index in [0.29, 0.717) is 0 Å². The molecule has 0 heterocycles. The maximum Gasteiger partial charge on any atom is 4.00 e. The van der Waals surface area contributed by atoms with Gasteiger partial charge in [-0.3, -0.25) is 0 Å². The van der Waals surface area contributed by atoms with Gasteiger partial charge in [0.15, 0.2) is 0 Å². The average molecular weight is 366 g/mol. The Labute approximate surface area is 150 Å². The minimum Gasteiger partial charge on any atom is -1.00 e. The molecule has 0 aromatic carbocycles. The molecule has 4 unspecified atom stereocenters. The van der Waals surface area contributed by atoms with Gasteiger partial charge in [0.05, 0.1) is 0 Å². The Morgan fingerprint density at radius 1 is 0.700 bits per heavy atom. The van der Waals surface area contributed by atoms with Crippen LogP contribution in [0.5, 0.6) is 0 Å². The van der Waals surface area contributed by atoms with Gasteiger partial charge >= 0.3 is 26.2 Å². The van der Waals surface area contributed by atoms with Gasteiger partial charge in [-0.2, -0.15) is 12.8 Å². The molecule has 20 heavy (non-hydrogen) atoms. The van der Waals surface area contributed by atoms with E-state index in [1.165, 1.54) is 25.7 Å². The summed E-state index contributed by atoms with van der Waals surface area (Å²) in [4.78, 5) is 0. The Balaban J connectivity index is 0.000000333. The van der Waals surface area contributed by atoms with Crippen molar-refractivity contribution in [3.63, 3.8) is 0 Å². The summed E-state index contributed by atoms with van der Waals surface area (Å²) in [5, 5.41) is 0. The quantitative estimate of drug-likeness (QED) is 0.574. The van der Waals surface area contributed by atoms with E-state index >= 15 is 0 Å². The van der Waals surface area contributed by atoms with Crippen LogP contribution in [-0.4, -0.2) is 0 Å². The maximum absolute atomic E-state index is 2.42. The zero-order valence-electron chi connectivity index (χ0n) is 12.8. The summed E-state index contributed by atoms with van der Waals surface area (Å²) in [6, 6.07) is 0. The number of fused-ring (bicyclic) bond motifs is 2. The molecule has 4 aliphatic rings. The van der Waals surface area contributed by atoms with E-state index in [9.17, 15) is 0 Å². The second kappa shape index (κ2) is 9.21. The van der Waals surface area contributed by atoms with Gasteiger partial charge in [0, 0.05) is 0 Å². The summed E-state index contributed by atoms with van der Waals surface area (Å²) in [5.74, 6) is 3.23. The van der Waals surface area contributed by atoms with E-state index in [1.54, 1.807) is 0 Å². The van der Waals surface area contributed by atoms with Crippen LogP contribution in [0.1, 0.15) is 27.1 Å². The Kier molecular flexibility index (Phi) is 8.37. The minimum absolute atomic E-state index is 0. The fourth-order valence-electron chi connectivity index (χ4n) is 3.39. The van der Waals surface area contributed by atoms with E-state index in [1.807, 2.05) is 0 Å². The van der Waals surface area contributed by atoms with Crippen LogP contribution in [0.4, 0.5) is 0 Å². The van der Waals surface area contributed by atoms with Crippen molar-refractivity contribution in [1.29, 1.82) is 0 Å². The third kappa shape index (κ3) is 4.57. The summed E-state index contributed by atoms with van der Waals surface area (Å²) >= 11 is 0. The van der Waals surface area contributed by atoms with E-state index in [0.717, 1.165) is 23.7 Å². The summed E-state index contributed by atoms with van der Waals surface area (Å²) in [6.45, 7) is 0. The predicted octanol–water partition coefficient (Wildman–Crippen LogP) is 1.80. The SMILES string of the molecule is C1=CC2[CH-]CCC2C=C1.C1=CC2[CH-]CCC2C=C1.[Cl-].[H-].[Zr+4]. The third-order valence-corrected chi connectivity index (χ3v) is 4.47. The smallest absolute Gasteiger partial charge is 1.00 e. The van der Waals surface area contributed by atoms with Crippen molar-refractivity contribution in [3.05, 3.63) is 61.4 Å². The van der Waals surface area contributed by atoms with Crippen LogP contribution >= 0.6 is 0 Å². The van der Waals surface area contributed by atoms with E-state index in [2.05, 4.69) is 61.4 Å². The monoisotopic (exact) mass is 364 g/mol. The topological polar surface area (TPSA) is 0 Å². The van der Waals surface area contributed by atoms with Gasteiger partial charge in [-0.15, -0.1) is 24.0 Å². The van der Waals surface area contributed by atoms with Crippen molar-refractivity contribution in [2.45, 2.75) is 25.7 Å². The first kappa shape index (κ1) is 18.2. The fraction of sp³-hybridized carbons (Fsp3) is 0.444. The Hall–Kier alpha value is 0.133. The van der Waals surface area contributed by atoms with Gasteiger partial charge in [0.25, 0.3) is 0 Å². The van der Waals surface area contributed by atoms with Crippen LogP contribution in [-0.2, 0) is 26.2 Å². The average Bonchev–Trinajstić information content (AvgIpc) is 3.08. The minimum atomic E-state index is 0. The van der Waals surface area contributed by atoms with Crippen molar-refractivity contribution in [2.24, 2.45) is 23.7 Å². The second-order valence-electron chi connectivity index (χ2n) is 5.65. The molecular weight excluding hydrogens is 343 g/mol. The van der Waals surface area contributed by atoms with Crippen molar-refractivity contribution >= 4 is 0 Å². The van der Waals surface area contributed by atoms with Crippen LogP contribution in [0.2, 0.25) is 0 Å². The predicted molar refractivity (Wildman–Crippen MR) is 78.7 cm³/mol. The fourth-order valence-corrected chi connectivity index (χ4v) is 3.39. The van der Waals surface area contributed by atoms with Gasteiger partial charge in [0.2, 0.25) is 0 Å². The Morgan fingerprint density at radius 2 is 1.10 bits per heavy atom. The number of rotatable bonds is 0. The summed E-state index contributed by atoms with van der Waals surface area (Å²) < 4.78 is 0. The molecule has 2 saturated carbocycles. The Bertz CT molecular complexity index is 326. The largest absolute Gasteiger partial charge is 4.00 e. The molecule has 2 fully saturated rings. The molecular formula is C18H23ClZr. The number of halogens is 1. The van der Waals surface area contributed by atoms with Crippen molar-refractivity contribution in [2.75, 3.05) is 0 Å². The molecule has 2 heteroatoms. The standard InChI is InChI=1S/2C9H11.ClH.Zr.H/c2*1-2-5-9-7-3-6-8(9)4-1;;;/h2*1-2,4-6,8-9H,3,7H2;1H;;/q2*-1;;+4;-1/p-1. The van der Waals surface area contributed by atoms with Crippen LogP contribution in [0.3, 0.4) is 0 Å². The molecule has 0 aromatic heterocycles. The number of hydrogen-bond acceptors (Lipinski definition) is 0. The molecule has 4 atom stereocenters. The molecule has 0 radical (unpaired) electrons. The zero-order chi connectivity index (χ0) is 12.2. The maximum atomic E-state index is 2.42. The van der Waals surface area contributed by atoms with Crippen LogP contribution in [0.15, 0.2) is 48.6 Å². The van der Waals surface area contributed by atoms with Gasteiger partial charge in [-0.25, -0.2) is 0 Å². The molecule has 4 rings (SSSR count). The molecule has 0 N–H and O–H groups in total. The summed E-state index contributed by atoms with van der Waals surface area (Å²) in [6.07, 6.45) is 28.1. The molecule has 0 aliphatic heterocycles. The first-order valence-electron chi connectivity index (χ1n) is 7.30. The Morgan fingerprint density at radius 3 is 1.50 bits per heavy atom. The summed E-state index contributed by atoms with van der Waals surface area (Å²) in [7, 11) is 0. The molecule has 0 bridgehead atoms. The molecule has 0 amide bonds. The van der Waals surface area contributed by atoms with Crippen molar-refractivity contribution in [1.82, 2.24) is 0 Å². The number of hydrogen-bond donors (Lipinski definition) is 0. The van der Waals surface area contributed by atoms with Gasteiger partial charge < -0.3 is 26.7 Å². The van der Waals surface area contributed by atoms with Crippen LogP contribution < -0.4 is 12.4 Å². The number of allylic oxidation sites excluding steroid dienone is 8. The molecule has 106 valence electrons. The first-order chi connectivity index (χ1) is 8.93. The molecule has 0 nitrogen and oxygen atoms in total. The first-order valence-corrected chi connectivity index (χ1v) is 7.30. The van der Waals surface area contributed by atoms with E-state index in [4.69, 9.17) is 0 Å². The van der Waals surface area contributed by atoms with Gasteiger partial charge in [-0.05, 0) is 11.8 Å². The molecule has 0 saturated heterocycles. The van der Waals surface area contributed by atoms with Gasteiger partial charge in [-0.1, -0.05) is 49.3 Å². The zero-order valence-corrected chi connectivity index (χ0v) is 15.0. The van der Waals surface area contributed by atoms with Crippen molar-refractivity contribution < 1.29 is 40.0 Å². The molecule has 0 aromatic rings. The van der Waals surface area contributed by atoms with Crippen LogP contribution in [0, 0.1) is 36.5 Å². The molecule has 0 spiro atoms. The van der Waals surface area contributed by atoms with Gasteiger partial charge in [0.1, 0.15) is 0 Å². The van der Waals surface area contributed by atoms with E-state index < -0.39 is 0 Å². The van der Waals surface area contributed by atoms with E-state index in [-0.39, 0.29) is 40.0 Å². The third-order valence-electron chi connectivity index (χ3n) is 4.47. The second-order valence-corrected chi connectivity index (χ2v) is 5.65. The molecule has 4 aliphatic carbocycles. The summed E-state index contributed by atoms with van der Waals surface area (Å²) in [5.41, 5.74) is 0. The normalized spacial score (nSPS) is 35.2.